The SMILES string of the molecule is Cc1noc(C)c1Cc1ncc2c(n1)CN(C(=O)NC(CCN)c1ccc(Cl)c(Cl)c1)CC2. The molecule has 1 unspecified atom stereocenters. The molecule has 1 aliphatic heterocycles. The van der Waals surface area contributed by atoms with E-state index >= 15 is 0 Å². The van der Waals surface area contributed by atoms with E-state index in [0.717, 1.165) is 33.8 Å². The Hall–Kier alpha value is -2.68. The fourth-order valence-corrected chi connectivity index (χ4v) is 4.28. The van der Waals surface area contributed by atoms with E-state index in [-0.39, 0.29) is 12.1 Å². The zero-order chi connectivity index (χ0) is 23.5. The quantitative estimate of drug-likeness (QED) is 0.539. The summed E-state index contributed by atoms with van der Waals surface area (Å²) in [5.41, 5.74) is 10.4. The third-order valence-electron chi connectivity index (χ3n) is 5.90. The van der Waals surface area contributed by atoms with Crippen molar-refractivity contribution in [2.75, 3.05) is 13.1 Å². The van der Waals surface area contributed by atoms with Crippen molar-refractivity contribution >= 4 is 29.2 Å². The molecule has 0 radical (unpaired) electrons. The number of carbonyl (C=O) groups excluding carboxylic acids is 1. The summed E-state index contributed by atoms with van der Waals surface area (Å²) in [6, 6.07) is 4.91. The van der Waals surface area contributed by atoms with Gasteiger partial charge in [0.05, 0.1) is 34.0 Å². The normalized spacial score (nSPS) is 14.2. The molecule has 1 atom stereocenters. The number of rotatable bonds is 6. The second kappa shape index (κ2) is 10.1. The Labute approximate surface area is 202 Å². The largest absolute Gasteiger partial charge is 0.361 e. The average Bonchev–Trinajstić information content (AvgIpc) is 3.12. The van der Waals surface area contributed by atoms with Crippen LogP contribution in [0, 0.1) is 13.8 Å². The molecule has 4 rings (SSSR count). The number of aromatic nitrogens is 3. The number of nitrogens with one attached hydrogen (secondary N) is 1. The van der Waals surface area contributed by atoms with E-state index in [1.807, 2.05) is 26.1 Å². The summed E-state index contributed by atoms with van der Waals surface area (Å²) in [6.45, 7) is 5.21. The molecule has 0 bridgehead atoms. The lowest BCUT2D eigenvalue weighted by Gasteiger charge is -2.30. The van der Waals surface area contributed by atoms with Crippen molar-refractivity contribution < 1.29 is 9.32 Å². The van der Waals surface area contributed by atoms with E-state index in [1.165, 1.54) is 0 Å². The number of benzene rings is 1. The number of halogens is 2. The minimum Gasteiger partial charge on any atom is -0.361 e. The van der Waals surface area contributed by atoms with Crippen LogP contribution in [0.1, 0.15) is 52.1 Å². The molecule has 8 nitrogen and oxygen atoms in total. The first-order valence-corrected chi connectivity index (χ1v) is 11.6. The number of amides is 2. The lowest BCUT2D eigenvalue weighted by molar-refractivity contribution is 0.186. The molecule has 0 spiro atoms. The topological polar surface area (TPSA) is 110 Å². The maximum absolute atomic E-state index is 13.1. The van der Waals surface area contributed by atoms with Gasteiger partial charge in [-0.2, -0.15) is 0 Å². The maximum atomic E-state index is 13.1. The summed E-state index contributed by atoms with van der Waals surface area (Å²) in [7, 11) is 0. The van der Waals surface area contributed by atoms with Gasteiger partial charge in [-0.05, 0) is 56.5 Å². The highest BCUT2D eigenvalue weighted by atomic mass is 35.5. The highest BCUT2D eigenvalue weighted by Gasteiger charge is 2.25. The summed E-state index contributed by atoms with van der Waals surface area (Å²) >= 11 is 12.2. The standard InChI is InChI=1S/C23H26Cl2N6O2/c1-13-17(14(2)33-30-13)10-22-27-11-16-6-8-31(12-21(16)28-22)23(32)29-20(5-7-26)15-3-4-18(24)19(25)9-15/h3-4,9,11,20H,5-8,10,12,26H2,1-2H3,(H,29,32). The van der Waals surface area contributed by atoms with Gasteiger partial charge >= 0.3 is 6.03 Å². The van der Waals surface area contributed by atoms with E-state index in [2.05, 4.69) is 15.5 Å². The predicted octanol–water partition coefficient (Wildman–Crippen LogP) is 4.14. The lowest BCUT2D eigenvalue weighted by Crippen LogP contribution is -2.44. The molecule has 0 aliphatic carbocycles. The third-order valence-corrected chi connectivity index (χ3v) is 6.64. The number of nitrogens with two attached hydrogens (primary N) is 1. The number of fused-ring (bicyclic) bond motifs is 1. The van der Waals surface area contributed by atoms with Crippen LogP contribution in [-0.2, 0) is 19.4 Å². The molecule has 3 N–H and O–H groups in total. The Morgan fingerprint density at radius 3 is 2.82 bits per heavy atom. The van der Waals surface area contributed by atoms with Crippen LogP contribution in [0.25, 0.3) is 0 Å². The molecular formula is C23H26Cl2N6O2. The van der Waals surface area contributed by atoms with Crippen LogP contribution in [0.15, 0.2) is 28.9 Å². The summed E-state index contributed by atoms with van der Waals surface area (Å²) in [5, 5.41) is 8.00. The van der Waals surface area contributed by atoms with Crippen molar-refractivity contribution in [3.8, 4) is 0 Å². The second-order valence-electron chi connectivity index (χ2n) is 8.16. The number of hydrogen-bond acceptors (Lipinski definition) is 6. The minimum atomic E-state index is -0.265. The Morgan fingerprint density at radius 1 is 1.30 bits per heavy atom. The molecule has 1 aliphatic rings. The van der Waals surface area contributed by atoms with Gasteiger partial charge in [0.25, 0.3) is 0 Å². The lowest BCUT2D eigenvalue weighted by atomic mass is 10.0. The van der Waals surface area contributed by atoms with Crippen LogP contribution in [0.3, 0.4) is 0 Å². The van der Waals surface area contributed by atoms with E-state index in [9.17, 15) is 4.79 Å². The van der Waals surface area contributed by atoms with Crippen molar-refractivity contribution in [2.45, 2.75) is 45.7 Å². The highest BCUT2D eigenvalue weighted by molar-refractivity contribution is 6.42. The molecule has 33 heavy (non-hydrogen) atoms. The Balaban J connectivity index is 1.47. The molecule has 3 aromatic rings. The van der Waals surface area contributed by atoms with E-state index in [4.69, 9.17) is 38.4 Å². The molecule has 0 fully saturated rings. The summed E-state index contributed by atoms with van der Waals surface area (Å²) < 4.78 is 5.24. The monoisotopic (exact) mass is 488 g/mol. The maximum Gasteiger partial charge on any atom is 0.318 e. The predicted molar refractivity (Wildman–Crippen MR) is 126 cm³/mol. The van der Waals surface area contributed by atoms with E-state index in [0.29, 0.717) is 54.8 Å². The third kappa shape index (κ3) is 5.29. The summed E-state index contributed by atoms with van der Waals surface area (Å²) in [6.07, 6.45) is 3.68. The number of nitrogens with zero attached hydrogens (tertiary/aromatic N) is 4. The van der Waals surface area contributed by atoms with Crippen LogP contribution in [0.5, 0.6) is 0 Å². The minimum absolute atomic E-state index is 0.170. The van der Waals surface area contributed by atoms with Gasteiger partial charge in [-0.3, -0.25) is 0 Å². The van der Waals surface area contributed by atoms with Crippen LogP contribution >= 0.6 is 23.2 Å². The zero-order valence-electron chi connectivity index (χ0n) is 18.6. The fraction of sp³-hybridized carbons (Fsp3) is 0.391. The van der Waals surface area contributed by atoms with Gasteiger partial charge in [0, 0.05) is 24.7 Å². The van der Waals surface area contributed by atoms with Crippen molar-refractivity contribution in [3.05, 3.63) is 74.1 Å². The first-order valence-electron chi connectivity index (χ1n) is 10.8. The molecule has 0 saturated heterocycles. The average molecular weight is 489 g/mol. The molecule has 10 heteroatoms. The van der Waals surface area contributed by atoms with Gasteiger partial charge in [-0.15, -0.1) is 0 Å². The van der Waals surface area contributed by atoms with Gasteiger partial charge in [0.15, 0.2) is 0 Å². The second-order valence-corrected chi connectivity index (χ2v) is 8.98. The van der Waals surface area contributed by atoms with Crippen molar-refractivity contribution in [2.24, 2.45) is 5.73 Å². The van der Waals surface area contributed by atoms with Gasteiger partial charge in [-0.1, -0.05) is 34.4 Å². The van der Waals surface area contributed by atoms with Crippen molar-refractivity contribution in [1.29, 1.82) is 0 Å². The van der Waals surface area contributed by atoms with Gasteiger partial charge in [0.2, 0.25) is 0 Å². The summed E-state index contributed by atoms with van der Waals surface area (Å²) in [4.78, 5) is 24.1. The van der Waals surface area contributed by atoms with Gasteiger partial charge < -0.3 is 20.5 Å². The fourth-order valence-electron chi connectivity index (χ4n) is 3.97. The Morgan fingerprint density at radius 2 is 2.12 bits per heavy atom. The molecule has 2 amide bonds. The zero-order valence-corrected chi connectivity index (χ0v) is 20.1. The number of carbonyl (C=O) groups is 1. The van der Waals surface area contributed by atoms with Gasteiger partial charge in [0.1, 0.15) is 11.6 Å². The van der Waals surface area contributed by atoms with Crippen LogP contribution in [-0.4, -0.2) is 39.1 Å². The first-order chi connectivity index (χ1) is 15.9. The number of hydrogen-bond donors (Lipinski definition) is 2. The Kier molecular flexibility index (Phi) is 7.17. The number of urea groups is 1. The molecule has 174 valence electrons. The smallest absolute Gasteiger partial charge is 0.318 e. The molecular weight excluding hydrogens is 463 g/mol. The van der Waals surface area contributed by atoms with Crippen LogP contribution in [0.4, 0.5) is 4.79 Å². The summed E-state index contributed by atoms with van der Waals surface area (Å²) in [5.74, 6) is 1.45. The van der Waals surface area contributed by atoms with E-state index < -0.39 is 0 Å². The van der Waals surface area contributed by atoms with Crippen molar-refractivity contribution in [1.82, 2.24) is 25.3 Å². The van der Waals surface area contributed by atoms with Gasteiger partial charge in [-0.25, -0.2) is 14.8 Å². The van der Waals surface area contributed by atoms with Crippen molar-refractivity contribution in [3.63, 3.8) is 0 Å². The molecule has 1 aromatic carbocycles. The number of aryl methyl sites for hydroxylation is 2. The molecule has 2 aromatic heterocycles. The van der Waals surface area contributed by atoms with Crippen LogP contribution < -0.4 is 11.1 Å². The highest BCUT2D eigenvalue weighted by Crippen LogP contribution is 2.27. The van der Waals surface area contributed by atoms with Crippen LogP contribution in [0.2, 0.25) is 10.0 Å². The molecule has 3 heterocycles. The van der Waals surface area contributed by atoms with E-state index in [1.54, 1.807) is 17.0 Å². The first kappa shape index (κ1) is 23.5. The molecule has 0 saturated carbocycles. The Bertz CT molecular complexity index is 1150.